The molecule has 1 aliphatic heterocycles. The molecule has 0 atom stereocenters. The van der Waals surface area contributed by atoms with Gasteiger partial charge in [-0.2, -0.15) is 4.52 Å². The third-order valence-corrected chi connectivity index (χ3v) is 5.21. The first-order valence-corrected chi connectivity index (χ1v) is 9.16. The highest BCUT2D eigenvalue weighted by atomic mass is 16.1. The van der Waals surface area contributed by atoms with Crippen LogP contribution < -0.4 is 10.5 Å². The van der Waals surface area contributed by atoms with Crippen LogP contribution in [0.2, 0.25) is 0 Å². The minimum atomic E-state index is -0.0208. The number of hydrogen-bond acceptors (Lipinski definition) is 7. The number of aromatic nitrogens is 6. The van der Waals surface area contributed by atoms with Gasteiger partial charge in [0, 0.05) is 39.3 Å². The summed E-state index contributed by atoms with van der Waals surface area (Å²) in [4.78, 5) is 20.4. The Hall–Kier alpha value is -2.81. The van der Waals surface area contributed by atoms with Crippen LogP contribution in [0.15, 0.2) is 29.2 Å². The van der Waals surface area contributed by atoms with Crippen LogP contribution in [0.4, 0.5) is 5.82 Å². The van der Waals surface area contributed by atoms with Crippen LogP contribution in [0.25, 0.3) is 5.65 Å². The van der Waals surface area contributed by atoms with Crippen molar-refractivity contribution in [3.05, 3.63) is 46.4 Å². The number of rotatable bonds is 4. The van der Waals surface area contributed by atoms with Gasteiger partial charge in [-0.3, -0.25) is 14.3 Å². The SMILES string of the molecule is CN(C)c1ccc2nnc(C3CCN(Cc4nccc(=O)n4C)CC3)n2n1. The molecule has 0 saturated carbocycles. The Balaban J connectivity index is 1.48. The van der Waals surface area contributed by atoms with E-state index in [0.717, 1.165) is 49.0 Å². The predicted molar refractivity (Wildman–Crippen MR) is 102 cm³/mol. The van der Waals surface area contributed by atoms with E-state index in [2.05, 4.69) is 25.2 Å². The number of nitrogens with zero attached hydrogens (tertiary/aromatic N) is 8. The predicted octanol–water partition coefficient (Wildman–Crippen LogP) is 0.664. The molecule has 9 nitrogen and oxygen atoms in total. The van der Waals surface area contributed by atoms with Crippen molar-refractivity contribution < 1.29 is 0 Å². The van der Waals surface area contributed by atoms with Gasteiger partial charge in [-0.25, -0.2) is 4.98 Å². The van der Waals surface area contributed by atoms with E-state index in [1.165, 1.54) is 6.07 Å². The van der Waals surface area contributed by atoms with Gasteiger partial charge in [0.15, 0.2) is 11.5 Å². The highest BCUT2D eigenvalue weighted by Crippen LogP contribution is 2.27. The van der Waals surface area contributed by atoms with Crippen molar-refractivity contribution in [1.29, 1.82) is 0 Å². The number of anilines is 1. The number of fused-ring (bicyclic) bond motifs is 1. The Labute approximate surface area is 157 Å². The highest BCUT2D eigenvalue weighted by Gasteiger charge is 2.25. The number of hydrogen-bond donors (Lipinski definition) is 0. The zero-order valence-electron chi connectivity index (χ0n) is 15.9. The molecule has 0 spiro atoms. The summed E-state index contributed by atoms with van der Waals surface area (Å²) in [5.74, 6) is 2.94. The lowest BCUT2D eigenvalue weighted by Crippen LogP contribution is -2.35. The van der Waals surface area contributed by atoms with Gasteiger partial charge < -0.3 is 4.90 Å². The molecule has 4 heterocycles. The van der Waals surface area contributed by atoms with Crippen LogP contribution in [-0.4, -0.2) is 61.4 Å². The van der Waals surface area contributed by atoms with Gasteiger partial charge in [-0.15, -0.1) is 15.3 Å². The summed E-state index contributed by atoms with van der Waals surface area (Å²) in [6, 6.07) is 5.39. The minimum Gasteiger partial charge on any atom is -0.361 e. The van der Waals surface area contributed by atoms with Crippen molar-refractivity contribution in [1.82, 2.24) is 34.3 Å². The lowest BCUT2D eigenvalue weighted by Gasteiger charge is -2.31. The van der Waals surface area contributed by atoms with E-state index in [1.807, 2.05) is 35.6 Å². The monoisotopic (exact) mass is 368 g/mol. The molecule has 1 saturated heterocycles. The van der Waals surface area contributed by atoms with E-state index < -0.39 is 0 Å². The molecule has 4 rings (SSSR count). The Bertz CT molecular complexity index is 1000. The second-order valence-electron chi connectivity index (χ2n) is 7.22. The van der Waals surface area contributed by atoms with Gasteiger partial charge in [0.1, 0.15) is 11.6 Å². The normalized spacial score (nSPS) is 16.1. The fourth-order valence-electron chi connectivity index (χ4n) is 3.50. The molecular formula is C18H24N8O. The molecule has 0 radical (unpaired) electrons. The first kappa shape index (κ1) is 17.6. The van der Waals surface area contributed by atoms with Crippen molar-refractivity contribution in [3.8, 4) is 0 Å². The maximum Gasteiger partial charge on any atom is 0.253 e. The van der Waals surface area contributed by atoms with Crippen molar-refractivity contribution in [3.63, 3.8) is 0 Å². The van der Waals surface area contributed by atoms with Gasteiger partial charge in [0.2, 0.25) is 0 Å². The lowest BCUT2D eigenvalue weighted by molar-refractivity contribution is 0.194. The molecule has 9 heteroatoms. The summed E-state index contributed by atoms with van der Waals surface area (Å²) >= 11 is 0. The third-order valence-electron chi connectivity index (χ3n) is 5.21. The topological polar surface area (TPSA) is 84.5 Å². The van der Waals surface area contributed by atoms with Gasteiger partial charge >= 0.3 is 0 Å². The van der Waals surface area contributed by atoms with E-state index in [9.17, 15) is 4.79 Å². The van der Waals surface area contributed by atoms with E-state index >= 15 is 0 Å². The first-order chi connectivity index (χ1) is 13.0. The summed E-state index contributed by atoms with van der Waals surface area (Å²) in [5, 5.41) is 13.4. The van der Waals surface area contributed by atoms with Crippen molar-refractivity contribution >= 4 is 11.5 Å². The van der Waals surface area contributed by atoms with Crippen molar-refractivity contribution in [2.45, 2.75) is 25.3 Å². The maximum absolute atomic E-state index is 11.8. The van der Waals surface area contributed by atoms with Crippen molar-refractivity contribution in [2.75, 3.05) is 32.1 Å². The Kier molecular flexibility index (Phi) is 4.61. The van der Waals surface area contributed by atoms with Gasteiger partial charge in [-0.1, -0.05) is 0 Å². The van der Waals surface area contributed by atoms with Crippen LogP contribution in [0, 0.1) is 0 Å². The standard InChI is InChI=1S/C18H24N8O/c1-23(2)15-5-4-14-20-21-18(26(14)22-15)13-7-10-25(11-8-13)12-16-19-9-6-17(27)24(16)3/h4-6,9,13H,7-8,10-12H2,1-3H3. The van der Waals surface area contributed by atoms with Crippen LogP contribution in [0.5, 0.6) is 0 Å². The highest BCUT2D eigenvalue weighted by molar-refractivity contribution is 5.45. The molecule has 0 aliphatic carbocycles. The molecule has 0 N–H and O–H groups in total. The summed E-state index contributed by atoms with van der Waals surface area (Å²) < 4.78 is 3.49. The Morgan fingerprint density at radius 3 is 2.67 bits per heavy atom. The van der Waals surface area contributed by atoms with E-state index in [-0.39, 0.29) is 5.56 Å². The molecule has 0 aromatic carbocycles. The molecule has 0 amide bonds. The van der Waals surface area contributed by atoms with Crippen LogP contribution in [0.1, 0.15) is 30.4 Å². The summed E-state index contributed by atoms with van der Waals surface area (Å²) in [6.45, 7) is 2.54. The largest absolute Gasteiger partial charge is 0.361 e. The Morgan fingerprint density at radius 1 is 1.15 bits per heavy atom. The van der Waals surface area contributed by atoms with E-state index in [0.29, 0.717) is 12.5 Å². The molecule has 1 fully saturated rings. The summed E-state index contributed by atoms with van der Waals surface area (Å²) in [5.41, 5.74) is 0.758. The Morgan fingerprint density at radius 2 is 1.93 bits per heavy atom. The fraction of sp³-hybridized carbons (Fsp3) is 0.500. The van der Waals surface area contributed by atoms with Gasteiger partial charge in [-0.05, 0) is 38.1 Å². The third kappa shape index (κ3) is 3.42. The number of piperidine rings is 1. The maximum atomic E-state index is 11.8. The van der Waals surface area contributed by atoms with Crippen LogP contribution in [0.3, 0.4) is 0 Å². The summed E-state index contributed by atoms with van der Waals surface area (Å²) in [6.07, 6.45) is 3.55. The second-order valence-corrected chi connectivity index (χ2v) is 7.22. The number of likely N-dealkylation sites (tertiary alicyclic amines) is 1. The molecule has 27 heavy (non-hydrogen) atoms. The summed E-state index contributed by atoms with van der Waals surface area (Å²) in [7, 11) is 5.72. The van der Waals surface area contributed by atoms with E-state index in [1.54, 1.807) is 17.8 Å². The quantitative estimate of drug-likeness (QED) is 0.669. The molecule has 0 unspecified atom stereocenters. The molecular weight excluding hydrogens is 344 g/mol. The average molecular weight is 368 g/mol. The van der Waals surface area contributed by atoms with Gasteiger partial charge in [0.25, 0.3) is 5.56 Å². The van der Waals surface area contributed by atoms with Crippen LogP contribution >= 0.6 is 0 Å². The molecule has 142 valence electrons. The molecule has 3 aromatic heterocycles. The zero-order chi connectivity index (χ0) is 19.0. The van der Waals surface area contributed by atoms with Crippen LogP contribution in [-0.2, 0) is 13.6 Å². The first-order valence-electron chi connectivity index (χ1n) is 9.16. The zero-order valence-corrected chi connectivity index (χ0v) is 15.9. The van der Waals surface area contributed by atoms with Gasteiger partial charge in [0.05, 0.1) is 6.54 Å². The van der Waals surface area contributed by atoms with E-state index in [4.69, 9.17) is 0 Å². The second kappa shape index (κ2) is 7.07. The molecule has 3 aromatic rings. The smallest absolute Gasteiger partial charge is 0.253 e. The average Bonchev–Trinajstić information content (AvgIpc) is 3.09. The lowest BCUT2D eigenvalue weighted by atomic mass is 9.96. The fourth-order valence-corrected chi connectivity index (χ4v) is 3.50. The minimum absolute atomic E-state index is 0.0208. The molecule has 0 bridgehead atoms. The molecule has 1 aliphatic rings. The van der Waals surface area contributed by atoms with Crippen molar-refractivity contribution in [2.24, 2.45) is 7.05 Å².